The minimum absolute atomic E-state index is 0.0154. The summed E-state index contributed by atoms with van der Waals surface area (Å²) in [4.78, 5) is 9.14. The molecule has 0 saturated carbocycles. The molecule has 1 atom stereocenters. The van der Waals surface area contributed by atoms with Crippen LogP contribution in [-0.2, 0) is 17.5 Å². The van der Waals surface area contributed by atoms with E-state index in [-0.39, 0.29) is 24.4 Å². The number of aromatic amines is 1. The van der Waals surface area contributed by atoms with E-state index in [1.165, 1.54) is 0 Å². The Labute approximate surface area is 113 Å². The Morgan fingerprint density at radius 2 is 2.35 bits per heavy atom. The number of nitrogens with two attached hydrogens (primary N) is 1. The first-order chi connectivity index (χ1) is 9.36. The van der Waals surface area contributed by atoms with Gasteiger partial charge in [-0.05, 0) is 6.92 Å². The molecule has 3 N–H and O–H groups in total. The molecule has 7 nitrogen and oxygen atoms in total. The van der Waals surface area contributed by atoms with Crippen molar-refractivity contribution in [2.45, 2.75) is 25.7 Å². The second-order valence-electron chi connectivity index (χ2n) is 4.41. The molecule has 20 heavy (non-hydrogen) atoms. The zero-order valence-corrected chi connectivity index (χ0v) is 10.8. The molecule has 1 aromatic heterocycles. The lowest BCUT2D eigenvalue weighted by molar-refractivity contribution is -0.144. The first-order valence-electron chi connectivity index (χ1n) is 6.01. The second-order valence-corrected chi connectivity index (χ2v) is 4.41. The van der Waals surface area contributed by atoms with Crippen LogP contribution in [0.15, 0.2) is 4.99 Å². The van der Waals surface area contributed by atoms with Crippen molar-refractivity contribution >= 4 is 5.96 Å². The maximum atomic E-state index is 12.3. The highest BCUT2D eigenvalue weighted by molar-refractivity contribution is 5.78. The Morgan fingerprint density at radius 1 is 1.60 bits per heavy atom. The Morgan fingerprint density at radius 3 is 2.95 bits per heavy atom. The summed E-state index contributed by atoms with van der Waals surface area (Å²) in [5.74, 6) is -0.937. The van der Waals surface area contributed by atoms with Gasteiger partial charge in [0.1, 0.15) is 12.4 Å². The lowest BCUT2D eigenvalue weighted by atomic mass is 10.3. The standard InChI is InChI=1S/C10H15F3N6O/c1-6-5-19(2-3-20-6)9(14)15-4-7-16-8(18-17-7)10(11,12)13/h6H,2-5H2,1H3,(H2,14,15)(H,16,17,18). The van der Waals surface area contributed by atoms with Crippen LogP contribution in [0.1, 0.15) is 18.6 Å². The maximum absolute atomic E-state index is 12.3. The van der Waals surface area contributed by atoms with Gasteiger partial charge in [0.05, 0.1) is 12.7 Å². The van der Waals surface area contributed by atoms with Gasteiger partial charge in [-0.1, -0.05) is 0 Å². The largest absolute Gasteiger partial charge is 0.453 e. The summed E-state index contributed by atoms with van der Waals surface area (Å²) in [6, 6.07) is 0. The number of nitrogens with one attached hydrogen (secondary N) is 1. The number of guanidine groups is 1. The van der Waals surface area contributed by atoms with E-state index in [9.17, 15) is 13.2 Å². The van der Waals surface area contributed by atoms with Crippen LogP contribution in [0.3, 0.4) is 0 Å². The number of rotatable bonds is 2. The molecule has 0 aliphatic carbocycles. The molecule has 0 bridgehead atoms. The van der Waals surface area contributed by atoms with Gasteiger partial charge in [-0.15, -0.1) is 5.10 Å². The number of H-pyrrole nitrogens is 1. The quantitative estimate of drug-likeness (QED) is 0.606. The first kappa shape index (κ1) is 14.6. The molecule has 0 aromatic carbocycles. The number of ether oxygens (including phenoxy) is 1. The molecule has 0 amide bonds. The van der Waals surface area contributed by atoms with Gasteiger partial charge < -0.3 is 15.4 Å². The lowest BCUT2D eigenvalue weighted by Gasteiger charge is -2.31. The Kier molecular flexibility index (Phi) is 4.12. The molecule has 1 unspecified atom stereocenters. The highest BCUT2D eigenvalue weighted by Gasteiger charge is 2.35. The van der Waals surface area contributed by atoms with Crippen molar-refractivity contribution in [3.8, 4) is 0 Å². The molecule has 2 rings (SSSR count). The summed E-state index contributed by atoms with van der Waals surface area (Å²) >= 11 is 0. The number of alkyl halides is 3. The number of aliphatic imine (C=N–C) groups is 1. The van der Waals surface area contributed by atoms with E-state index >= 15 is 0 Å². The van der Waals surface area contributed by atoms with Crippen LogP contribution >= 0.6 is 0 Å². The fourth-order valence-electron chi connectivity index (χ4n) is 1.78. The summed E-state index contributed by atoms with van der Waals surface area (Å²) in [6.45, 7) is 3.56. The van der Waals surface area contributed by atoms with Gasteiger partial charge in [-0.2, -0.15) is 13.2 Å². The van der Waals surface area contributed by atoms with Crippen LogP contribution in [-0.4, -0.2) is 51.8 Å². The highest BCUT2D eigenvalue weighted by atomic mass is 19.4. The van der Waals surface area contributed by atoms with E-state index in [0.29, 0.717) is 19.7 Å². The van der Waals surface area contributed by atoms with Gasteiger partial charge in [0.2, 0.25) is 0 Å². The van der Waals surface area contributed by atoms with Crippen molar-refractivity contribution in [3.63, 3.8) is 0 Å². The van der Waals surface area contributed by atoms with Gasteiger partial charge >= 0.3 is 6.18 Å². The molecule has 0 radical (unpaired) electrons. The summed E-state index contributed by atoms with van der Waals surface area (Å²) in [6.07, 6.45) is -4.52. The fraction of sp³-hybridized carbons (Fsp3) is 0.700. The molecule has 1 aromatic rings. The molecule has 1 fully saturated rings. The Bertz CT molecular complexity index is 486. The zero-order chi connectivity index (χ0) is 14.8. The molecule has 10 heteroatoms. The lowest BCUT2D eigenvalue weighted by Crippen LogP contribution is -2.47. The highest BCUT2D eigenvalue weighted by Crippen LogP contribution is 2.25. The van der Waals surface area contributed by atoms with E-state index in [2.05, 4.69) is 20.2 Å². The molecule has 1 saturated heterocycles. The average molecular weight is 292 g/mol. The third kappa shape index (κ3) is 3.59. The Balaban J connectivity index is 1.96. The molecule has 0 spiro atoms. The van der Waals surface area contributed by atoms with Gasteiger partial charge in [0, 0.05) is 13.1 Å². The third-order valence-electron chi connectivity index (χ3n) is 2.74. The maximum Gasteiger partial charge on any atom is 0.453 e. The fourth-order valence-corrected chi connectivity index (χ4v) is 1.78. The molecular weight excluding hydrogens is 277 g/mol. The molecule has 112 valence electrons. The van der Waals surface area contributed by atoms with Crippen molar-refractivity contribution in [3.05, 3.63) is 11.6 Å². The average Bonchev–Trinajstić information content (AvgIpc) is 2.84. The van der Waals surface area contributed by atoms with Crippen LogP contribution in [0.2, 0.25) is 0 Å². The number of hydrogen-bond acceptors (Lipinski definition) is 4. The number of hydrogen-bond donors (Lipinski definition) is 2. The van der Waals surface area contributed by atoms with Crippen LogP contribution in [0, 0.1) is 0 Å². The van der Waals surface area contributed by atoms with E-state index in [0.717, 1.165) is 0 Å². The predicted molar refractivity (Wildman–Crippen MR) is 63.7 cm³/mol. The van der Waals surface area contributed by atoms with Crippen molar-refractivity contribution in [1.82, 2.24) is 20.1 Å². The van der Waals surface area contributed by atoms with Gasteiger partial charge in [-0.3, -0.25) is 5.10 Å². The first-order valence-corrected chi connectivity index (χ1v) is 6.01. The summed E-state index contributed by atoms with van der Waals surface area (Å²) in [5.41, 5.74) is 5.79. The smallest absolute Gasteiger partial charge is 0.375 e. The minimum atomic E-state index is -4.57. The summed E-state index contributed by atoms with van der Waals surface area (Å²) < 4.78 is 42.3. The predicted octanol–water partition coefficient (Wildman–Crippen LogP) is 0.359. The molecule has 2 heterocycles. The van der Waals surface area contributed by atoms with Crippen LogP contribution < -0.4 is 5.73 Å². The van der Waals surface area contributed by atoms with Gasteiger partial charge in [0.25, 0.3) is 5.82 Å². The van der Waals surface area contributed by atoms with E-state index in [1.54, 1.807) is 0 Å². The number of halogens is 3. The van der Waals surface area contributed by atoms with Crippen molar-refractivity contribution in [2.24, 2.45) is 10.7 Å². The molecular formula is C10H15F3N6O. The van der Waals surface area contributed by atoms with Crippen LogP contribution in [0.4, 0.5) is 13.2 Å². The van der Waals surface area contributed by atoms with E-state index < -0.39 is 12.0 Å². The van der Waals surface area contributed by atoms with Crippen LogP contribution in [0.25, 0.3) is 0 Å². The van der Waals surface area contributed by atoms with Crippen LogP contribution in [0.5, 0.6) is 0 Å². The van der Waals surface area contributed by atoms with Crippen molar-refractivity contribution < 1.29 is 17.9 Å². The topological polar surface area (TPSA) is 92.4 Å². The molecule has 1 aliphatic heterocycles. The van der Waals surface area contributed by atoms with Gasteiger partial charge in [0.15, 0.2) is 5.96 Å². The monoisotopic (exact) mass is 292 g/mol. The third-order valence-corrected chi connectivity index (χ3v) is 2.74. The zero-order valence-electron chi connectivity index (χ0n) is 10.8. The van der Waals surface area contributed by atoms with E-state index in [1.807, 2.05) is 11.8 Å². The SMILES string of the molecule is CC1CN(C(N)=NCc2nc(C(F)(F)F)n[nH]2)CCO1. The Hall–Kier alpha value is -1.84. The molecule has 1 aliphatic rings. The van der Waals surface area contributed by atoms with Crippen molar-refractivity contribution in [2.75, 3.05) is 19.7 Å². The second kappa shape index (κ2) is 5.65. The minimum Gasteiger partial charge on any atom is -0.375 e. The van der Waals surface area contributed by atoms with E-state index in [4.69, 9.17) is 10.5 Å². The number of morpholine rings is 1. The number of nitrogens with zero attached hydrogens (tertiary/aromatic N) is 4. The number of aromatic nitrogens is 3. The summed E-state index contributed by atoms with van der Waals surface area (Å²) in [7, 11) is 0. The van der Waals surface area contributed by atoms with Gasteiger partial charge in [-0.25, -0.2) is 9.98 Å². The summed E-state index contributed by atoms with van der Waals surface area (Å²) in [5, 5.41) is 5.28. The normalized spacial score (nSPS) is 21.3. The van der Waals surface area contributed by atoms with Crippen molar-refractivity contribution in [1.29, 1.82) is 0 Å².